The second-order valence-electron chi connectivity index (χ2n) is 9.50. The standard InChI is InChI=1S/C21H34N2O4/c1-19(2,3)26-18(24)13-25-15-8-9-17(16(22)10-15)23-14-11-20(4,5)27-21(6,7)12-14/h8-10,14,23H,11-13,22H2,1-7H3. The molecule has 0 atom stereocenters. The van der Waals surface area contributed by atoms with Crippen molar-refractivity contribution in [1.29, 1.82) is 0 Å². The number of carbonyl (C=O) groups is 1. The number of hydrogen-bond donors (Lipinski definition) is 2. The highest BCUT2D eigenvalue weighted by Gasteiger charge is 2.39. The number of hydrogen-bond acceptors (Lipinski definition) is 6. The van der Waals surface area contributed by atoms with Crippen molar-refractivity contribution in [3.8, 4) is 5.75 Å². The summed E-state index contributed by atoms with van der Waals surface area (Å²) in [5, 5.41) is 3.53. The van der Waals surface area contributed by atoms with Gasteiger partial charge in [-0.25, -0.2) is 4.79 Å². The Hall–Kier alpha value is -1.95. The lowest BCUT2D eigenvalue weighted by atomic mass is 9.85. The van der Waals surface area contributed by atoms with E-state index in [0.717, 1.165) is 18.5 Å². The monoisotopic (exact) mass is 378 g/mol. The number of nitrogens with two attached hydrogens (primary N) is 1. The Kier molecular flexibility index (Phi) is 6.00. The first-order valence-corrected chi connectivity index (χ1v) is 9.46. The second kappa shape index (κ2) is 7.58. The molecule has 152 valence electrons. The third-order valence-electron chi connectivity index (χ3n) is 4.19. The molecule has 0 amide bonds. The molecule has 1 fully saturated rings. The van der Waals surface area contributed by atoms with E-state index in [1.54, 1.807) is 12.1 Å². The summed E-state index contributed by atoms with van der Waals surface area (Å²) in [6.45, 7) is 13.8. The molecule has 27 heavy (non-hydrogen) atoms. The fraction of sp³-hybridized carbons (Fsp3) is 0.667. The van der Waals surface area contributed by atoms with E-state index in [1.807, 2.05) is 26.8 Å². The van der Waals surface area contributed by atoms with Gasteiger partial charge in [0.1, 0.15) is 11.4 Å². The van der Waals surface area contributed by atoms with Crippen molar-refractivity contribution < 1.29 is 19.0 Å². The van der Waals surface area contributed by atoms with E-state index in [4.69, 9.17) is 19.9 Å². The number of nitrogen functional groups attached to an aromatic ring is 1. The maximum atomic E-state index is 11.8. The summed E-state index contributed by atoms with van der Waals surface area (Å²) < 4.78 is 16.9. The average molecular weight is 379 g/mol. The first-order valence-electron chi connectivity index (χ1n) is 9.46. The van der Waals surface area contributed by atoms with Gasteiger partial charge in [-0.05, 0) is 73.4 Å². The molecular weight excluding hydrogens is 344 g/mol. The Morgan fingerprint density at radius 1 is 1.22 bits per heavy atom. The van der Waals surface area contributed by atoms with Crippen LogP contribution in [0.2, 0.25) is 0 Å². The highest BCUT2D eigenvalue weighted by Crippen LogP contribution is 2.37. The van der Waals surface area contributed by atoms with E-state index in [9.17, 15) is 4.79 Å². The number of carbonyl (C=O) groups excluding carboxylic acids is 1. The van der Waals surface area contributed by atoms with E-state index in [1.165, 1.54) is 0 Å². The average Bonchev–Trinajstić information content (AvgIpc) is 2.42. The first kappa shape index (κ1) is 21.4. The fourth-order valence-electron chi connectivity index (χ4n) is 3.69. The fourth-order valence-corrected chi connectivity index (χ4v) is 3.69. The lowest BCUT2D eigenvalue weighted by molar-refractivity contribution is -0.158. The topological polar surface area (TPSA) is 82.8 Å². The van der Waals surface area contributed by atoms with Gasteiger partial charge in [-0.15, -0.1) is 0 Å². The van der Waals surface area contributed by atoms with Gasteiger partial charge < -0.3 is 25.3 Å². The number of rotatable bonds is 5. The Balaban J connectivity index is 1.97. The Morgan fingerprint density at radius 2 is 1.81 bits per heavy atom. The van der Waals surface area contributed by atoms with Crippen LogP contribution in [0, 0.1) is 0 Å². The van der Waals surface area contributed by atoms with Crippen LogP contribution in [0.4, 0.5) is 11.4 Å². The van der Waals surface area contributed by atoms with Crippen molar-refractivity contribution in [2.45, 2.75) is 84.2 Å². The number of ether oxygens (including phenoxy) is 3. The maximum Gasteiger partial charge on any atom is 0.344 e. The molecule has 0 unspecified atom stereocenters. The SMILES string of the molecule is CC(C)(C)OC(=O)COc1ccc(NC2CC(C)(C)OC(C)(C)C2)c(N)c1. The van der Waals surface area contributed by atoms with E-state index in [-0.39, 0.29) is 23.9 Å². The van der Waals surface area contributed by atoms with E-state index in [0.29, 0.717) is 11.4 Å². The number of anilines is 2. The van der Waals surface area contributed by atoms with Crippen molar-refractivity contribution in [1.82, 2.24) is 0 Å². The summed E-state index contributed by atoms with van der Waals surface area (Å²) in [7, 11) is 0. The molecule has 1 aromatic rings. The summed E-state index contributed by atoms with van der Waals surface area (Å²) in [5.74, 6) is 0.131. The molecule has 0 saturated carbocycles. The molecule has 1 aromatic carbocycles. The predicted octanol–water partition coefficient (Wildman–Crippen LogP) is 4.14. The van der Waals surface area contributed by atoms with Crippen LogP contribution >= 0.6 is 0 Å². The summed E-state index contributed by atoms with van der Waals surface area (Å²) in [4.78, 5) is 11.8. The highest BCUT2D eigenvalue weighted by atomic mass is 16.6. The van der Waals surface area contributed by atoms with Crippen LogP contribution < -0.4 is 15.8 Å². The molecule has 1 aliphatic heterocycles. The Labute approximate surface area is 162 Å². The third kappa shape index (κ3) is 6.94. The van der Waals surface area contributed by atoms with Crippen LogP contribution in [0.1, 0.15) is 61.3 Å². The zero-order valence-electron chi connectivity index (χ0n) is 17.6. The van der Waals surface area contributed by atoms with E-state index in [2.05, 4.69) is 33.0 Å². The summed E-state index contributed by atoms with van der Waals surface area (Å²) in [5.41, 5.74) is 6.72. The van der Waals surface area contributed by atoms with Gasteiger partial charge in [0, 0.05) is 12.1 Å². The van der Waals surface area contributed by atoms with Crippen molar-refractivity contribution in [3.63, 3.8) is 0 Å². The first-order chi connectivity index (χ1) is 12.2. The zero-order valence-corrected chi connectivity index (χ0v) is 17.6. The minimum Gasteiger partial charge on any atom is -0.482 e. The van der Waals surface area contributed by atoms with Crippen LogP contribution in [-0.4, -0.2) is 35.4 Å². The number of nitrogens with one attached hydrogen (secondary N) is 1. The molecule has 0 radical (unpaired) electrons. The molecule has 0 aliphatic carbocycles. The normalized spacial score (nSPS) is 19.4. The molecule has 1 aliphatic rings. The molecule has 0 spiro atoms. The van der Waals surface area contributed by atoms with Gasteiger partial charge in [0.15, 0.2) is 6.61 Å². The highest BCUT2D eigenvalue weighted by molar-refractivity contribution is 5.72. The van der Waals surface area contributed by atoms with E-state index >= 15 is 0 Å². The maximum absolute atomic E-state index is 11.8. The molecular formula is C21H34N2O4. The van der Waals surface area contributed by atoms with Crippen LogP contribution in [0.25, 0.3) is 0 Å². The molecule has 1 saturated heterocycles. The Bertz CT molecular complexity index is 661. The van der Waals surface area contributed by atoms with Crippen LogP contribution in [0.15, 0.2) is 18.2 Å². The molecule has 2 rings (SSSR count). The smallest absolute Gasteiger partial charge is 0.344 e. The van der Waals surface area contributed by atoms with Crippen molar-refractivity contribution in [2.75, 3.05) is 17.7 Å². The molecule has 6 heteroatoms. The molecule has 0 bridgehead atoms. The van der Waals surface area contributed by atoms with Crippen molar-refractivity contribution in [2.24, 2.45) is 0 Å². The molecule has 0 aromatic heterocycles. The van der Waals surface area contributed by atoms with Gasteiger partial charge in [-0.3, -0.25) is 0 Å². The van der Waals surface area contributed by atoms with Crippen LogP contribution in [0.3, 0.4) is 0 Å². The molecule has 6 nitrogen and oxygen atoms in total. The van der Waals surface area contributed by atoms with Gasteiger partial charge in [0.2, 0.25) is 0 Å². The van der Waals surface area contributed by atoms with Gasteiger partial charge in [0.05, 0.1) is 22.6 Å². The zero-order chi connectivity index (χ0) is 20.5. The third-order valence-corrected chi connectivity index (χ3v) is 4.19. The predicted molar refractivity (Wildman–Crippen MR) is 108 cm³/mol. The molecule has 3 N–H and O–H groups in total. The largest absolute Gasteiger partial charge is 0.482 e. The lowest BCUT2D eigenvalue weighted by Gasteiger charge is -2.45. The lowest BCUT2D eigenvalue weighted by Crippen LogP contribution is -2.49. The second-order valence-corrected chi connectivity index (χ2v) is 9.50. The summed E-state index contributed by atoms with van der Waals surface area (Å²) >= 11 is 0. The van der Waals surface area contributed by atoms with Gasteiger partial charge in [-0.1, -0.05) is 0 Å². The van der Waals surface area contributed by atoms with Crippen LogP contribution in [0.5, 0.6) is 5.75 Å². The van der Waals surface area contributed by atoms with Gasteiger partial charge in [0.25, 0.3) is 0 Å². The number of benzene rings is 1. The quantitative estimate of drug-likeness (QED) is 0.592. The van der Waals surface area contributed by atoms with Gasteiger partial charge >= 0.3 is 5.97 Å². The number of esters is 1. The van der Waals surface area contributed by atoms with Crippen LogP contribution in [-0.2, 0) is 14.3 Å². The summed E-state index contributed by atoms with van der Waals surface area (Å²) in [6.07, 6.45) is 1.79. The Morgan fingerprint density at radius 3 is 2.33 bits per heavy atom. The van der Waals surface area contributed by atoms with Gasteiger partial charge in [-0.2, -0.15) is 0 Å². The molecule has 1 heterocycles. The van der Waals surface area contributed by atoms with Crippen molar-refractivity contribution in [3.05, 3.63) is 18.2 Å². The minimum atomic E-state index is -0.529. The van der Waals surface area contributed by atoms with Crippen molar-refractivity contribution >= 4 is 17.3 Å². The van der Waals surface area contributed by atoms with E-state index < -0.39 is 11.6 Å². The summed E-state index contributed by atoms with van der Waals surface area (Å²) in [6, 6.07) is 5.68. The minimum absolute atomic E-state index is 0.147.